The van der Waals surface area contributed by atoms with E-state index in [9.17, 15) is 0 Å². The summed E-state index contributed by atoms with van der Waals surface area (Å²) in [7, 11) is -1.50. The normalized spacial score (nSPS) is 13.1. The summed E-state index contributed by atoms with van der Waals surface area (Å²) in [5, 5.41) is 2.82. The highest BCUT2D eigenvalue weighted by Crippen LogP contribution is 2.20. The lowest BCUT2D eigenvalue weighted by Gasteiger charge is -2.34. The fourth-order valence-corrected chi connectivity index (χ4v) is 7.63. The zero-order valence-corrected chi connectivity index (χ0v) is 26.1. The fraction of sp³-hybridized carbons (Fsp3) is 0.786. The van der Waals surface area contributed by atoms with Crippen LogP contribution < -0.4 is 10.4 Å². The van der Waals surface area contributed by atoms with Gasteiger partial charge >= 0.3 is 0 Å². The predicted octanol–water partition coefficient (Wildman–Crippen LogP) is 4.67. The first-order valence-electron chi connectivity index (χ1n) is 14.2. The van der Waals surface area contributed by atoms with Crippen LogP contribution in [-0.4, -0.2) is 56.3 Å². The van der Waals surface area contributed by atoms with E-state index >= 15 is 0 Å². The largest absolute Gasteiger partial charge is 0.354 e. The number of hydrogen-bond donors (Lipinski definition) is 0. The summed E-state index contributed by atoms with van der Waals surface area (Å²) in [6.45, 7) is 16.4. The first kappa shape index (κ1) is 31.5. The van der Waals surface area contributed by atoms with E-state index in [0.29, 0.717) is 0 Å². The molecule has 0 N–H and O–H groups in total. The summed E-state index contributed by atoms with van der Waals surface area (Å²) in [6, 6.07) is 9.29. The first-order valence-corrected chi connectivity index (χ1v) is 17.0. The molecule has 4 nitrogen and oxygen atoms in total. The minimum Gasteiger partial charge on any atom is -0.354 e. The third-order valence-corrected chi connectivity index (χ3v) is 11.2. The van der Waals surface area contributed by atoms with E-state index in [-0.39, 0.29) is 10.8 Å². The van der Waals surface area contributed by atoms with Gasteiger partial charge in [-0.15, -0.1) is 0 Å². The molecule has 34 heavy (non-hydrogen) atoms. The molecule has 1 aromatic carbocycles. The molecule has 1 aromatic rings. The van der Waals surface area contributed by atoms with Crippen LogP contribution in [-0.2, 0) is 18.9 Å². The average molecular weight is 511 g/mol. The van der Waals surface area contributed by atoms with Gasteiger partial charge in [0.05, 0.1) is 0 Å². The van der Waals surface area contributed by atoms with E-state index in [1.165, 1.54) is 10.4 Å². The molecule has 0 saturated heterocycles. The van der Waals surface area contributed by atoms with Gasteiger partial charge < -0.3 is 18.9 Å². The quantitative estimate of drug-likeness (QED) is 0.129. The molecule has 0 saturated carbocycles. The highest BCUT2D eigenvalue weighted by atomic mass is 28.2. The summed E-state index contributed by atoms with van der Waals surface area (Å²) in [5.74, 6) is 0. The van der Waals surface area contributed by atoms with Crippen molar-refractivity contribution in [1.82, 2.24) is 0 Å². The lowest BCUT2D eigenvalue weighted by atomic mass is 10.3. The third kappa shape index (κ3) is 12.0. The van der Waals surface area contributed by atoms with Gasteiger partial charge in [-0.1, -0.05) is 102 Å². The topological polar surface area (TPSA) is 36.9 Å². The Bertz CT molecular complexity index is 536. The van der Waals surface area contributed by atoms with Crippen molar-refractivity contribution in [1.29, 1.82) is 0 Å². The van der Waals surface area contributed by atoms with Crippen molar-refractivity contribution < 1.29 is 18.9 Å². The summed E-state index contributed by atoms with van der Waals surface area (Å²) >= 11 is 0. The molecule has 198 valence electrons. The van der Waals surface area contributed by atoms with Crippen molar-refractivity contribution >= 4 is 29.4 Å². The number of rotatable bonds is 22. The molecule has 0 amide bonds. The summed E-state index contributed by atoms with van der Waals surface area (Å²) in [4.78, 5) is 0. The monoisotopic (exact) mass is 510 g/mol. The lowest BCUT2D eigenvalue weighted by Crippen LogP contribution is -2.49. The molecule has 0 bridgehead atoms. The second-order valence-electron chi connectivity index (χ2n) is 9.51. The minimum absolute atomic E-state index is 0.386. The molecule has 0 aliphatic heterocycles. The molecule has 0 aliphatic carbocycles. The summed E-state index contributed by atoms with van der Waals surface area (Å²) in [6.07, 6.45) is 10.8. The standard InChI is InChI=1S/C28H54O4Si2/c1-7-13-21-29-27(11-5,30-22-14-8-2)33-25-17-19-26(20-18-25)34-28(12-6,31-23-15-9-3)32-24-16-10-4/h17-20H,7-16,21-24,33-34H2,1-6H3. The zero-order chi connectivity index (χ0) is 25.1. The Balaban J connectivity index is 2.93. The molecule has 6 heteroatoms. The third-order valence-electron chi connectivity index (χ3n) is 6.50. The van der Waals surface area contributed by atoms with Gasteiger partial charge in [-0.3, -0.25) is 0 Å². The maximum Gasteiger partial charge on any atom is 0.149 e. The molecule has 0 aliphatic rings. The van der Waals surface area contributed by atoms with E-state index in [2.05, 4.69) is 65.8 Å². The molecule has 1 rings (SSSR count). The SMILES string of the molecule is CCCCOC(CC)(OCCCC)[SiH2]c1ccc([SiH2]C(CC)(OCCCC)OCCCC)cc1. The van der Waals surface area contributed by atoms with Crippen LogP contribution in [0.5, 0.6) is 0 Å². The van der Waals surface area contributed by atoms with Gasteiger partial charge in [-0.2, -0.15) is 0 Å². The molecular weight excluding hydrogens is 456 g/mol. The van der Waals surface area contributed by atoms with Crippen molar-refractivity contribution in [3.05, 3.63) is 24.3 Å². The Kier molecular flexibility index (Phi) is 17.4. The Labute approximate surface area is 215 Å². The number of ether oxygens (including phenoxy) is 4. The highest BCUT2D eigenvalue weighted by molar-refractivity contribution is 6.58. The maximum atomic E-state index is 6.42. The van der Waals surface area contributed by atoms with Gasteiger partial charge in [0, 0.05) is 26.4 Å². The van der Waals surface area contributed by atoms with Crippen LogP contribution >= 0.6 is 0 Å². The van der Waals surface area contributed by atoms with Crippen molar-refractivity contribution in [3.63, 3.8) is 0 Å². The number of hydrogen-bond acceptors (Lipinski definition) is 4. The summed E-state index contributed by atoms with van der Waals surface area (Å²) < 4.78 is 25.7. The van der Waals surface area contributed by atoms with Crippen molar-refractivity contribution in [2.24, 2.45) is 0 Å². The van der Waals surface area contributed by atoms with Crippen LogP contribution in [0.4, 0.5) is 0 Å². The Morgan fingerprint density at radius 1 is 0.500 bits per heavy atom. The molecule has 0 atom stereocenters. The molecule has 0 heterocycles. The van der Waals surface area contributed by atoms with Crippen LogP contribution in [0.3, 0.4) is 0 Å². The number of unbranched alkanes of at least 4 members (excludes halogenated alkanes) is 4. The van der Waals surface area contributed by atoms with Gasteiger partial charge in [0.15, 0.2) is 0 Å². The lowest BCUT2D eigenvalue weighted by molar-refractivity contribution is -0.183. The van der Waals surface area contributed by atoms with E-state index in [1.807, 2.05) is 0 Å². The predicted molar refractivity (Wildman–Crippen MR) is 152 cm³/mol. The second kappa shape index (κ2) is 18.7. The van der Waals surface area contributed by atoms with Crippen molar-refractivity contribution in [3.8, 4) is 0 Å². The van der Waals surface area contributed by atoms with E-state index < -0.39 is 19.0 Å². The molecule has 0 fully saturated rings. The molecule has 0 radical (unpaired) electrons. The van der Waals surface area contributed by atoms with E-state index in [0.717, 1.165) is 90.6 Å². The van der Waals surface area contributed by atoms with Crippen LogP contribution in [0.15, 0.2) is 24.3 Å². The van der Waals surface area contributed by atoms with Gasteiger partial charge in [0.1, 0.15) is 29.9 Å². The maximum absolute atomic E-state index is 6.42. The van der Waals surface area contributed by atoms with Crippen molar-refractivity contribution in [2.75, 3.05) is 26.4 Å². The van der Waals surface area contributed by atoms with Gasteiger partial charge in [-0.05, 0) is 38.5 Å². The molecule has 0 unspecified atom stereocenters. The second-order valence-corrected chi connectivity index (χ2v) is 14.0. The van der Waals surface area contributed by atoms with Crippen LogP contribution in [0, 0.1) is 0 Å². The van der Waals surface area contributed by atoms with Crippen LogP contribution in [0.25, 0.3) is 0 Å². The highest BCUT2D eigenvalue weighted by Gasteiger charge is 2.32. The van der Waals surface area contributed by atoms with Gasteiger partial charge in [0.25, 0.3) is 0 Å². The Hall–Kier alpha value is -0.506. The minimum atomic E-state index is -0.748. The van der Waals surface area contributed by atoms with Crippen LogP contribution in [0.2, 0.25) is 0 Å². The van der Waals surface area contributed by atoms with Gasteiger partial charge in [0.2, 0.25) is 0 Å². The average Bonchev–Trinajstić information content (AvgIpc) is 2.85. The van der Waals surface area contributed by atoms with Crippen molar-refractivity contribution in [2.45, 2.75) is 117 Å². The van der Waals surface area contributed by atoms with Crippen LogP contribution in [0.1, 0.15) is 106 Å². The summed E-state index contributed by atoms with van der Waals surface area (Å²) in [5.41, 5.74) is -0.772. The molecular formula is C28H54O4Si2. The number of benzene rings is 1. The Morgan fingerprint density at radius 2 is 0.765 bits per heavy atom. The zero-order valence-electron chi connectivity index (χ0n) is 23.3. The van der Waals surface area contributed by atoms with E-state index in [1.54, 1.807) is 0 Å². The Morgan fingerprint density at radius 3 is 0.971 bits per heavy atom. The molecule has 0 aromatic heterocycles. The van der Waals surface area contributed by atoms with E-state index in [4.69, 9.17) is 18.9 Å². The first-order chi connectivity index (χ1) is 16.5. The fourth-order valence-electron chi connectivity index (χ4n) is 3.95. The van der Waals surface area contributed by atoms with Gasteiger partial charge in [-0.25, -0.2) is 0 Å². The molecule has 0 spiro atoms. The smallest absolute Gasteiger partial charge is 0.149 e.